The molecule has 5 heteroatoms. The Balaban J connectivity index is 1.51. The van der Waals surface area contributed by atoms with Gasteiger partial charge in [0, 0.05) is 25.7 Å². The largest absolute Gasteiger partial charge is 0.377 e. The minimum atomic E-state index is -0.273. The molecule has 3 rings (SSSR count). The molecule has 1 aliphatic carbocycles. The molecule has 2 heterocycles. The van der Waals surface area contributed by atoms with E-state index >= 15 is 0 Å². The fourth-order valence-corrected chi connectivity index (χ4v) is 3.66. The molecule has 3 fully saturated rings. The Hall–Kier alpha value is -0.650. The van der Waals surface area contributed by atoms with Crippen LogP contribution in [0.15, 0.2) is 0 Å². The predicted molar refractivity (Wildman–Crippen MR) is 84.8 cm³/mol. The standard InChI is InChI=1S/C17H30N2O3/c1-13(2)21-11-10-18-8-6-17(7-9-18)12-19(15-4-5-15)16(20)14(3)22-17/h13-15H,4-12H2,1-3H3/t14-/m0/s1. The number of hydrogen-bond acceptors (Lipinski definition) is 4. The number of nitrogens with zero attached hydrogens (tertiary/aromatic N) is 2. The second-order valence-electron chi connectivity index (χ2n) is 7.40. The van der Waals surface area contributed by atoms with Crippen LogP contribution < -0.4 is 0 Å². The van der Waals surface area contributed by atoms with E-state index in [1.54, 1.807) is 0 Å². The Kier molecular flexibility index (Phi) is 4.76. The highest BCUT2D eigenvalue weighted by Gasteiger charge is 2.48. The zero-order valence-electron chi connectivity index (χ0n) is 14.2. The van der Waals surface area contributed by atoms with Crippen molar-refractivity contribution in [1.82, 2.24) is 9.80 Å². The molecule has 0 radical (unpaired) electrons. The average molecular weight is 310 g/mol. The Morgan fingerprint density at radius 3 is 2.59 bits per heavy atom. The van der Waals surface area contributed by atoms with Gasteiger partial charge in [0.15, 0.2) is 0 Å². The van der Waals surface area contributed by atoms with Crippen LogP contribution in [0, 0.1) is 0 Å². The molecular weight excluding hydrogens is 280 g/mol. The smallest absolute Gasteiger partial charge is 0.251 e. The number of carbonyl (C=O) groups excluding carboxylic acids is 1. The third-order valence-electron chi connectivity index (χ3n) is 5.13. The lowest BCUT2D eigenvalue weighted by Gasteiger charge is -2.49. The average Bonchev–Trinajstić information content (AvgIpc) is 3.30. The van der Waals surface area contributed by atoms with Crippen LogP contribution in [0.1, 0.15) is 46.5 Å². The van der Waals surface area contributed by atoms with Crippen molar-refractivity contribution in [3.05, 3.63) is 0 Å². The van der Waals surface area contributed by atoms with Crippen LogP contribution in [0.25, 0.3) is 0 Å². The van der Waals surface area contributed by atoms with Crippen molar-refractivity contribution in [2.45, 2.75) is 70.3 Å². The van der Waals surface area contributed by atoms with Gasteiger partial charge in [-0.05, 0) is 46.5 Å². The summed E-state index contributed by atoms with van der Waals surface area (Å²) in [5, 5.41) is 0. The maximum atomic E-state index is 12.3. The van der Waals surface area contributed by atoms with Crippen molar-refractivity contribution < 1.29 is 14.3 Å². The van der Waals surface area contributed by atoms with E-state index in [4.69, 9.17) is 9.47 Å². The van der Waals surface area contributed by atoms with Gasteiger partial charge in [-0.15, -0.1) is 0 Å². The van der Waals surface area contributed by atoms with Gasteiger partial charge in [-0.25, -0.2) is 0 Å². The van der Waals surface area contributed by atoms with Gasteiger partial charge in [-0.1, -0.05) is 0 Å². The molecule has 0 aromatic heterocycles. The third kappa shape index (κ3) is 3.63. The van der Waals surface area contributed by atoms with Gasteiger partial charge in [0.1, 0.15) is 6.10 Å². The second kappa shape index (κ2) is 6.46. The van der Waals surface area contributed by atoms with Gasteiger partial charge in [0.25, 0.3) is 5.91 Å². The third-order valence-corrected chi connectivity index (χ3v) is 5.13. The van der Waals surface area contributed by atoms with Crippen molar-refractivity contribution in [2.75, 3.05) is 32.8 Å². The van der Waals surface area contributed by atoms with E-state index in [9.17, 15) is 4.79 Å². The van der Waals surface area contributed by atoms with Crippen LogP contribution in [0.4, 0.5) is 0 Å². The summed E-state index contributed by atoms with van der Waals surface area (Å²) in [6.45, 7) is 10.8. The Bertz CT molecular complexity index is 401. The number of hydrogen-bond donors (Lipinski definition) is 0. The predicted octanol–water partition coefficient (Wildman–Crippen LogP) is 1.66. The summed E-state index contributed by atoms with van der Waals surface area (Å²) in [6, 6.07) is 0.494. The molecule has 0 bridgehead atoms. The fraction of sp³-hybridized carbons (Fsp3) is 0.941. The quantitative estimate of drug-likeness (QED) is 0.774. The first kappa shape index (κ1) is 16.2. The highest BCUT2D eigenvalue weighted by Crippen LogP contribution is 2.37. The van der Waals surface area contributed by atoms with Gasteiger partial charge < -0.3 is 19.3 Å². The van der Waals surface area contributed by atoms with Gasteiger partial charge >= 0.3 is 0 Å². The summed E-state index contributed by atoms with van der Waals surface area (Å²) in [6.07, 6.45) is 4.42. The van der Waals surface area contributed by atoms with Crippen LogP contribution in [0.3, 0.4) is 0 Å². The van der Waals surface area contributed by atoms with Crippen LogP contribution in [0.2, 0.25) is 0 Å². The minimum Gasteiger partial charge on any atom is -0.377 e. The van der Waals surface area contributed by atoms with E-state index in [-0.39, 0.29) is 17.6 Å². The van der Waals surface area contributed by atoms with Crippen molar-refractivity contribution in [3.8, 4) is 0 Å². The summed E-state index contributed by atoms with van der Waals surface area (Å²) >= 11 is 0. The highest BCUT2D eigenvalue weighted by molar-refractivity contribution is 5.82. The van der Waals surface area contributed by atoms with Crippen molar-refractivity contribution in [2.24, 2.45) is 0 Å². The summed E-state index contributed by atoms with van der Waals surface area (Å²) < 4.78 is 11.8. The highest BCUT2D eigenvalue weighted by atomic mass is 16.5. The number of ether oxygens (including phenoxy) is 2. The zero-order valence-corrected chi connectivity index (χ0v) is 14.2. The van der Waals surface area contributed by atoms with E-state index in [2.05, 4.69) is 23.6 Å². The molecular formula is C17H30N2O3. The molecule has 126 valence electrons. The van der Waals surface area contributed by atoms with Crippen molar-refractivity contribution in [1.29, 1.82) is 0 Å². The monoisotopic (exact) mass is 310 g/mol. The summed E-state index contributed by atoms with van der Waals surface area (Å²) in [7, 11) is 0. The van der Waals surface area contributed by atoms with E-state index in [0.717, 1.165) is 45.6 Å². The molecule has 3 aliphatic rings. The number of amides is 1. The molecule has 0 aromatic rings. The Morgan fingerprint density at radius 2 is 2.00 bits per heavy atom. The number of morpholine rings is 1. The first-order valence-electron chi connectivity index (χ1n) is 8.81. The molecule has 0 unspecified atom stereocenters. The van der Waals surface area contributed by atoms with Crippen molar-refractivity contribution in [3.63, 3.8) is 0 Å². The Labute approximate surface area is 133 Å². The molecule has 1 amide bonds. The first-order valence-corrected chi connectivity index (χ1v) is 8.81. The van der Waals surface area contributed by atoms with Gasteiger partial charge in [0.05, 0.1) is 24.9 Å². The fourth-order valence-electron chi connectivity index (χ4n) is 3.66. The summed E-state index contributed by atoms with van der Waals surface area (Å²) in [4.78, 5) is 16.8. The van der Waals surface area contributed by atoms with Gasteiger partial charge in [-0.3, -0.25) is 4.79 Å². The van der Waals surface area contributed by atoms with Crippen LogP contribution >= 0.6 is 0 Å². The second-order valence-corrected chi connectivity index (χ2v) is 7.40. The molecule has 5 nitrogen and oxygen atoms in total. The van der Waals surface area contributed by atoms with Crippen LogP contribution in [-0.2, 0) is 14.3 Å². The number of likely N-dealkylation sites (tertiary alicyclic amines) is 1. The minimum absolute atomic E-state index is 0.106. The van der Waals surface area contributed by atoms with E-state index in [0.29, 0.717) is 12.1 Å². The molecule has 1 spiro atoms. The topological polar surface area (TPSA) is 42.0 Å². The summed E-state index contributed by atoms with van der Waals surface area (Å²) in [5.41, 5.74) is -0.106. The molecule has 0 aromatic carbocycles. The SMILES string of the molecule is CC(C)OCCN1CCC2(CC1)CN(C1CC1)C(=O)[C@H](C)O2. The van der Waals surface area contributed by atoms with Gasteiger partial charge in [-0.2, -0.15) is 0 Å². The van der Waals surface area contributed by atoms with E-state index in [1.807, 2.05) is 6.92 Å². The van der Waals surface area contributed by atoms with Crippen LogP contribution in [-0.4, -0.2) is 72.3 Å². The van der Waals surface area contributed by atoms with E-state index in [1.165, 1.54) is 12.8 Å². The molecule has 22 heavy (non-hydrogen) atoms. The molecule has 0 N–H and O–H groups in total. The van der Waals surface area contributed by atoms with Gasteiger partial charge in [0.2, 0.25) is 0 Å². The maximum Gasteiger partial charge on any atom is 0.251 e. The lowest BCUT2D eigenvalue weighted by molar-refractivity contribution is -0.191. The first-order chi connectivity index (χ1) is 10.5. The number of rotatable bonds is 5. The lowest BCUT2D eigenvalue weighted by atomic mass is 9.88. The molecule has 2 aliphatic heterocycles. The van der Waals surface area contributed by atoms with E-state index < -0.39 is 0 Å². The maximum absolute atomic E-state index is 12.3. The Morgan fingerprint density at radius 1 is 1.32 bits per heavy atom. The molecule has 1 atom stereocenters. The number of carbonyl (C=O) groups is 1. The van der Waals surface area contributed by atoms with Crippen LogP contribution in [0.5, 0.6) is 0 Å². The normalized spacial score (nSPS) is 29.5. The summed E-state index contributed by atoms with van der Waals surface area (Å²) in [5.74, 6) is 0.195. The number of piperidine rings is 1. The molecule has 2 saturated heterocycles. The molecule has 1 saturated carbocycles. The zero-order chi connectivity index (χ0) is 15.7. The lowest BCUT2D eigenvalue weighted by Crippen LogP contribution is -2.61. The van der Waals surface area contributed by atoms with Crippen molar-refractivity contribution >= 4 is 5.91 Å².